The van der Waals surface area contributed by atoms with Gasteiger partial charge in [0.05, 0.1) is 26.3 Å². The first-order valence-electron chi connectivity index (χ1n) is 30.1. The number of carbonyl (C=O) groups excluding carboxylic acids is 7. The van der Waals surface area contributed by atoms with Crippen molar-refractivity contribution in [2.24, 2.45) is 0 Å². The number of aromatic nitrogens is 4. The number of amides is 4. The number of likely N-dealkylation sites (tertiary alicyclic amines) is 1. The van der Waals surface area contributed by atoms with Crippen LogP contribution in [0.25, 0.3) is 32.7 Å². The number of piperidine rings is 1. The Hall–Kier alpha value is -11.1. The number of likely N-dealkylation sites (N-methyl/N-ethyl adjacent to an activating group) is 2. The van der Waals surface area contributed by atoms with Crippen LogP contribution in [0.2, 0.25) is 0 Å². The number of halogens is 3. The number of phenolic OH excluding ortho intramolecular Hbond substituents is 2. The number of ether oxygens (including phenoxy) is 3. The van der Waals surface area contributed by atoms with Gasteiger partial charge in [0.1, 0.15) is 51.2 Å². The molecule has 11 rings (SSSR count). The molecule has 0 unspecified atom stereocenters. The fraction of sp³-hybridized carbons (Fsp3) is 0.271. The fourth-order valence-electron chi connectivity index (χ4n) is 10.7. The Kier molecular flexibility index (Phi) is 22.0. The highest BCUT2D eigenvalue weighted by atomic mass is 19.1. The second-order valence-electron chi connectivity index (χ2n) is 22.9. The molecule has 2 aliphatic rings. The summed E-state index contributed by atoms with van der Waals surface area (Å²) >= 11 is 0. The number of nitrogens with one attached hydrogen (secondary N) is 1. The summed E-state index contributed by atoms with van der Waals surface area (Å²) in [6, 6.07) is 26.2. The van der Waals surface area contributed by atoms with E-state index < -0.39 is 29.6 Å². The number of esters is 3. The highest BCUT2D eigenvalue weighted by molar-refractivity contribution is 6.13. The summed E-state index contributed by atoms with van der Waals surface area (Å²) in [6.07, 6.45) is 8.37. The maximum atomic E-state index is 13.4. The lowest BCUT2D eigenvalue weighted by Gasteiger charge is -2.32. The van der Waals surface area contributed by atoms with Crippen LogP contribution in [0.1, 0.15) is 105 Å². The van der Waals surface area contributed by atoms with E-state index >= 15 is 0 Å². The van der Waals surface area contributed by atoms with Crippen LogP contribution in [0.3, 0.4) is 0 Å². The summed E-state index contributed by atoms with van der Waals surface area (Å²) in [5.41, 5.74) is 5.30. The van der Waals surface area contributed by atoms with E-state index in [9.17, 15) is 62.1 Å². The minimum absolute atomic E-state index is 0.00323. The number of benzene rings is 5. The molecule has 4 aromatic heterocycles. The normalized spacial score (nSPS) is 13.2. The number of nitrogens with zero attached hydrogens (tertiary/aromatic N) is 8. The standard InChI is InChI=1S/C24H24FN3O4.C23H22FN3O5.C23H22FN3O4/c1-27-7-9-28(10-8-27)23(30)19-13-20(24(31)32-2)22(29)21-18(19)12-16(14-26-21)11-15-3-5-17(25)6-4-15;1-27(2)19(28)12-26-22(30)17-10-18(23(31)32-3)21(29)20-16(17)9-14(11-25-20)8-13-4-6-15(24)7-5-13;1-14(28)27-8-6-19(7-9-27)31-23(30)21-22(29)20-17(13-26-21)11-16(12-25-20)10-15-2-4-18(24)5-3-15/h3-6,12-14,29H,7-11H2,1-2H3;4-7,9-11,29H,8,12H2,1-3H3,(H,26,30);2-5,11-13,19,29H,6-10H2,1H3. The van der Waals surface area contributed by atoms with Gasteiger partial charge in [0.15, 0.2) is 22.9 Å². The van der Waals surface area contributed by atoms with Gasteiger partial charge in [0.25, 0.3) is 11.8 Å². The lowest BCUT2D eigenvalue weighted by molar-refractivity contribution is -0.131. The molecule has 0 aliphatic carbocycles. The molecule has 4 amide bonds. The van der Waals surface area contributed by atoms with E-state index in [0.29, 0.717) is 80.0 Å². The highest BCUT2D eigenvalue weighted by Crippen LogP contribution is 2.35. The molecule has 0 saturated carbocycles. The first kappa shape index (κ1) is 68.3. The van der Waals surface area contributed by atoms with Crippen molar-refractivity contribution < 1.29 is 76.3 Å². The molecule has 0 radical (unpaired) electrons. The number of carbonyl (C=O) groups is 7. The number of hydrogen-bond donors (Lipinski definition) is 4. The number of pyridine rings is 4. The van der Waals surface area contributed by atoms with E-state index in [-0.39, 0.29) is 104 Å². The number of phenols is 2. The van der Waals surface area contributed by atoms with Crippen molar-refractivity contribution in [2.75, 3.05) is 81.2 Å². The van der Waals surface area contributed by atoms with Crippen LogP contribution in [-0.4, -0.2) is 184 Å². The number of fused-ring (bicyclic) bond motifs is 3. The molecule has 492 valence electrons. The quantitative estimate of drug-likeness (QED) is 0.0587. The van der Waals surface area contributed by atoms with E-state index in [1.165, 1.54) is 79.9 Å². The van der Waals surface area contributed by atoms with Gasteiger partial charge < -0.3 is 54.4 Å². The first-order valence-corrected chi connectivity index (χ1v) is 30.1. The van der Waals surface area contributed by atoms with Crippen LogP contribution >= 0.6 is 0 Å². The zero-order valence-electron chi connectivity index (χ0n) is 52.8. The van der Waals surface area contributed by atoms with Crippen molar-refractivity contribution in [1.82, 2.24) is 44.9 Å². The molecule has 95 heavy (non-hydrogen) atoms. The Balaban J connectivity index is 0.000000168. The third kappa shape index (κ3) is 16.8. The van der Waals surface area contributed by atoms with Crippen molar-refractivity contribution in [2.45, 2.75) is 45.1 Å². The Morgan fingerprint density at radius 3 is 1.42 bits per heavy atom. The molecule has 25 heteroatoms. The average molecular weight is 1300 g/mol. The van der Waals surface area contributed by atoms with Crippen LogP contribution in [0, 0.1) is 17.5 Å². The fourth-order valence-corrected chi connectivity index (χ4v) is 10.7. The molecule has 2 saturated heterocycles. The second kappa shape index (κ2) is 30.6. The van der Waals surface area contributed by atoms with Crippen LogP contribution in [0.5, 0.6) is 17.2 Å². The number of methoxy groups -OCH3 is 2. The van der Waals surface area contributed by atoms with Gasteiger partial charge in [0, 0.05) is 120 Å². The Morgan fingerprint density at radius 2 is 0.968 bits per heavy atom. The predicted octanol–water partition coefficient (Wildman–Crippen LogP) is 8.35. The van der Waals surface area contributed by atoms with Crippen LogP contribution in [0.4, 0.5) is 13.2 Å². The van der Waals surface area contributed by atoms with Gasteiger partial charge in [-0.05, 0) is 126 Å². The number of piperazine rings is 1. The lowest BCUT2D eigenvalue weighted by Crippen LogP contribution is -2.47. The molecule has 5 aromatic carbocycles. The van der Waals surface area contributed by atoms with Crippen molar-refractivity contribution in [3.8, 4) is 17.2 Å². The van der Waals surface area contributed by atoms with Crippen molar-refractivity contribution in [3.05, 3.63) is 207 Å². The lowest BCUT2D eigenvalue weighted by atomic mass is 9.98. The molecular formula is C70H68F3N9O13. The van der Waals surface area contributed by atoms with E-state index in [0.717, 1.165) is 48.0 Å². The second-order valence-corrected chi connectivity index (χ2v) is 22.9. The number of aromatic hydroxyl groups is 3. The highest BCUT2D eigenvalue weighted by Gasteiger charge is 2.30. The smallest absolute Gasteiger partial charge is 0.361 e. The summed E-state index contributed by atoms with van der Waals surface area (Å²) in [5.74, 6) is -5.46. The zero-order chi connectivity index (χ0) is 68.2. The molecular weight excluding hydrogens is 1230 g/mol. The van der Waals surface area contributed by atoms with E-state index in [1.807, 2.05) is 13.1 Å². The van der Waals surface area contributed by atoms with Crippen molar-refractivity contribution in [3.63, 3.8) is 0 Å². The van der Waals surface area contributed by atoms with Crippen molar-refractivity contribution in [1.29, 1.82) is 0 Å². The SMILES string of the molecule is CC(=O)N1CCC(OC(=O)c2ncc3cc(Cc4ccc(F)cc4)cnc3c2O)CC1.COC(=O)c1cc(C(=O)N2CCN(C)CC2)c2cc(Cc3ccc(F)cc3)cnc2c1O.COC(=O)c1cc(C(=O)NCC(=O)N(C)C)c2cc(Cc3ccc(F)cc3)cnc2c1O. The van der Waals surface area contributed by atoms with Gasteiger partial charge in [-0.25, -0.2) is 32.5 Å². The number of hydrogen-bond acceptors (Lipinski definition) is 18. The molecule has 6 heterocycles. The van der Waals surface area contributed by atoms with Gasteiger partial charge in [0.2, 0.25) is 11.8 Å². The molecule has 2 aliphatic heterocycles. The van der Waals surface area contributed by atoms with E-state index in [4.69, 9.17) is 14.2 Å². The van der Waals surface area contributed by atoms with Crippen LogP contribution in [-0.2, 0) is 43.1 Å². The zero-order valence-corrected chi connectivity index (χ0v) is 52.8. The number of rotatable bonds is 14. The summed E-state index contributed by atoms with van der Waals surface area (Å²) in [5, 5.41) is 35.7. The molecule has 4 N–H and O–H groups in total. The van der Waals surface area contributed by atoms with Gasteiger partial charge in [-0.3, -0.25) is 34.1 Å². The third-order valence-corrected chi connectivity index (χ3v) is 16.1. The molecule has 0 atom stereocenters. The van der Waals surface area contributed by atoms with Gasteiger partial charge in [-0.1, -0.05) is 36.4 Å². The Bertz CT molecular complexity index is 4370. The van der Waals surface area contributed by atoms with Gasteiger partial charge in [-0.2, -0.15) is 0 Å². The summed E-state index contributed by atoms with van der Waals surface area (Å²) in [6.45, 7) is 4.96. The minimum atomic E-state index is -0.833. The maximum absolute atomic E-state index is 13.4. The molecule has 22 nitrogen and oxygen atoms in total. The largest absolute Gasteiger partial charge is 0.505 e. The monoisotopic (exact) mass is 1300 g/mol. The van der Waals surface area contributed by atoms with E-state index in [2.05, 4.69) is 30.2 Å². The Labute approximate surface area is 543 Å². The molecule has 9 aromatic rings. The summed E-state index contributed by atoms with van der Waals surface area (Å²) < 4.78 is 54.5. The maximum Gasteiger partial charge on any atom is 0.361 e. The van der Waals surface area contributed by atoms with Crippen molar-refractivity contribution >= 4 is 74.2 Å². The summed E-state index contributed by atoms with van der Waals surface area (Å²) in [7, 11) is 7.49. The van der Waals surface area contributed by atoms with Gasteiger partial charge >= 0.3 is 17.9 Å². The topological polar surface area (TPSA) is 284 Å². The average Bonchev–Trinajstić information content (AvgIpc) is 0.780. The predicted molar refractivity (Wildman–Crippen MR) is 343 cm³/mol. The third-order valence-electron chi connectivity index (χ3n) is 16.1. The molecule has 0 bridgehead atoms. The van der Waals surface area contributed by atoms with E-state index in [1.54, 1.807) is 84.8 Å². The molecule has 0 spiro atoms. The van der Waals surface area contributed by atoms with Crippen LogP contribution < -0.4 is 5.32 Å². The van der Waals surface area contributed by atoms with Gasteiger partial charge in [-0.15, -0.1) is 0 Å². The van der Waals surface area contributed by atoms with Crippen LogP contribution in [0.15, 0.2) is 128 Å². The minimum Gasteiger partial charge on any atom is -0.505 e. The Morgan fingerprint density at radius 1 is 0.526 bits per heavy atom. The molecule has 2 fully saturated rings. The summed E-state index contributed by atoms with van der Waals surface area (Å²) in [4.78, 5) is 110. The first-order chi connectivity index (χ1) is 45.5.